The van der Waals surface area contributed by atoms with Crippen LogP contribution in [0.25, 0.3) is 0 Å². The van der Waals surface area contributed by atoms with E-state index in [9.17, 15) is 4.79 Å². The lowest BCUT2D eigenvalue weighted by atomic mass is 9.69. The van der Waals surface area contributed by atoms with Gasteiger partial charge in [-0.2, -0.15) is 0 Å². The Morgan fingerprint density at radius 3 is 2.80 bits per heavy atom. The van der Waals surface area contributed by atoms with Gasteiger partial charge in [0.25, 0.3) is 0 Å². The summed E-state index contributed by atoms with van der Waals surface area (Å²) in [5, 5.41) is 0. The van der Waals surface area contributed by atoms with Crippen LogP contribution in [-0.4, -0.2) is 49.7 Å². The molecule has 6 heteroatoms. The van der Waals surface area contributed by atoms with Crippen LogP contribution in [-0.2, 0) is 11.2 Å². The third kappa shape index (κ3) is 3.92. The molecule has 1 aromatic heterocycles. The van der Waals surface area contributed by atoms with Gasteiger partial charge >= 0.3 is 5.97 Å². The molecular formula is C24H28N2O4. The van der Waals surface area contributed by atoms with Gasteiger partial charge in [-0.3, -0.25) is 4.98 Å². The van der Waals surface area contributed by atoms with E-state index in [4.69, 9.17) is 14.2 Å². The van der Waals surface area contributed by atoms with Crippen molar-refractivity contribution in [2.45, 2.75) is 31.7 Å². The minimum Gasteiger partial charge on any atom is -0.493 e. The summed E-state index contributed by atoms with van der Waals surface area (Å²) in [4.78, 5) is 18.8. The molecule has 2 aliphatic rings. The second-order valence-corrected chi connectivity index (χ2v) is 8.18. The summed E-state index contributed by atoms with van der Waals surface area (Å²) in [6, 6.07) is 9.95. The second-order valence-electron chi connectivity index (χ2n) is 8.18. The van der Waals surface area contributed by atoms with Crippen molar-refractivity contribution in [3.05, 3.63) is 65.7 Å². The van der Waals surface area contributed by atoms with Gasteiger partial charge in [0.05, 0.1) is 19.8 Å². The first-order valence-corrected chi connectivity index (χ1v) is 10.3. The highest BCUT2D eigenvalue weighted by Gasteiger charge is 2.47. The smallest absolute Gasteiger partial charge is 0.344 e. The molecule has 1 aliphatic heterocycles. The van der Waals surface area contributed by atoms with Crippen LogP contribution in [0.1, 0.15) is 35.2 Å². The van der Waals surface area contributed by atoms with Crippen LogP contribution in [0.2, 0.25) is 0 Å². The Morgan fingerprint density at radius 2 is 2.07 bits per heavy atom. The van der Waals surface area contributed by atoms with E-state index in [1.54, 1.807) is 32.5 Å². The van der Waals surface area contributed by atoms with Gasteiger partial charge in [-0.05, 0) is 74.2 Å². The highest BCUT2D eigenvalue weighted by atomic mass is 16.5. The molecule has 2 atom stereocenters. The zero-order valence-electron chi connectivity index (χ0n) is 17.8. The SMILES string of the molecule is COc1ccc(C[C@@]23CC=C(OC(=O)c4cccnc4)CC2N(C)CC3)cc1OC. The summed E-state index contributed by atoms with van der Waals surface area (Å²) in [5.74, 6) is 1.91. The van der Waals surface area contributed by atoms with E-state index in [0.29, 0.717) is 11.6 Å². The highest BCUT2D eigenvalue weighted by Crippen LogP contribution is 2.48. The van der Waals surface area contributed by atoms with Crippen LogP contribution < -0.4 is 9.47 Å². The van der Waals surface area contributed by atoms with Gasteiger partial charge in [0.15, 0.2) is 11.5 Å². The van der Waals surface area contributed by atoms with Gasteiger partial charge in [0, 0.05) is 24.9 Å². The van der Waals surface area contributed by atoms with Crippen molar-refractivity contribution in [2.24, 2.45) is 5.41 Å². The van der Waals surface area contributed by atoms with Crippen molar-refractivity contribution < 1.29 is 19.0 Å². The summed E-state index contributed by atoms with van der Waals surface area (Å²) in [7, 11) is 5.48. The molecule has 2 aromatic rings. The predicted octanol–water partition coefficient (Wildman–Crippen LogP) is 3.87. The quantitative estimate of drug-likeness (QED) is 0.677. The Balaban J connectivity index is 1.53. The molecule has 30 heavy (non-hydrogen) atoms. The monoisotopic (exact) mass is 408 g/mol. The Kier molecular flexibility index (Phi) is 5.77. The van der Waals surface area contributed by atoms with Crippen LogP contribution in [0.4, 0.5) is 0 Å². The lowest BCUT2D eigenvalue weighted by Crippen LogP contribution is -2.42. The Hall–Kier alpha value is -2.86. The number of allylic oxidation sites excluding steroid dienone is 1. The molecule has 0 amide bonds. The van der Waals surface area contributed by atoms with Crippen molar-refractivity contribution in [3.63, 3.8) is 0 Å². The van der Waals surface area contributed by atoms with Gasteiger partial charge in [0.2, 0.25) is 0 Å². The molecule has 4 rings (SSSR count). The molecular weight excluding hydrogens is 380 g/mol. The molecule has 1 saturated heterocycles. The number of ether oxygens (including phenoxy) is 3. The number of fused-ring (bicyclic) bond motifs is 1. The zero-order valence-corrected chi connectivity index (χ0v) is 17.8. The summed E-state index contributed by atoms with van der Waals surface area (Å²) in [6.07, 6.45) is 8.96. The third-order valence-corrected chi connectivity index (χ3v) is 6.46. The molecule has 1 fully saturated rings. The van der Waals surface area contributed by atoms with Crippen molar-refractivity contribution >= 4 is 5.97 Å². The molecule has 1 aliphatic carbocycles. The van der Waals surface area contributed by atoms with Gasteiger partial charge in [-0.1, -0.05) is 6.07 Å². The number of esters is 1. The number of hydrogen-bond donors (Lipinski definition) is 0. The number of benzene rings is 1. The first kappa shape index (κ1) is 20.4. The maximum atomic E-state index is 12.4. The summed E-state index contributed by atoms with van der Waals surface area (Å²) in [6.45, 7) is 1.04. The fraction of sp³-hybridized carbons (Fsp3) is 0.417. The van der Waals surface area contributed by atoms with Gasteiger partial charge < -0.3 is 19.1 Å². The van der Waals surface area contributed by atoms with Crippen LogP contribution in [0.3, 0.4) is 0 Å². The average Bonchev–Trinajstić information content (AvgIpc) is 3.10. The van der Waals surface area contributed by atoms with Crippen LogP contribution >= 0.6 is 0 Å². The van der Waals surface area contributed by atoms with Gasteiger partial charge in [-0.25, -0.2) is 4.79 Å². The Labute approximate surface area is 177 Å². The molecule has 0 bridgehead atoms. The molecule has 0 saturated carbocycles. The minimum atomic E-state index is -0.345. The van der Waals surface area contributed by atoms with E-state index in [-0.39, 0.29) is 11.4 Å². The first-order chi connectivity index (χ1) is 14.5. The molecule has 0 N–H and O–H groups in total. The number of carbonyl (C=O) groups is 1. The third-order valence-electron chi connectivity index (χ3n) is 6.46. The van der Waals surface area contributed by atoms with E-state index in [2.05, 4.69) is 35.1 Å². The number of methoxy groups -OCH3 is 2. The summed E-state index contributed by atoms with van der Waals surface area (Å²) in [5.41, 5.74) is 1.83. The Bertz CT molecular complexity index is 943. The van der Waals surface area contributed by atoms with Crippen molar-refractivity contribution in [2.75, 3.05) is 27.8 Å². The fourth-order valence-electron chi connectivity index (χ4n) is 4.81. The van der Waals surface area contributed by atoms with Crippen molar-refractivity contribution in [1.82, 2.24) is 9.88 Å². The molecule has 1 unspecified atom stereocenters. The van der Waals surface area contributed by atoms with E-state index >= 15 is 0 Å². The zero-order chi connectivity index (χ0) is 21.1. The normalized spacial score (nSPS) is 23.4. The van der Waals surface area contributed by atoms with Gasteiger partial charge in [-0.15, -0.1) is 0 Å². The molecule has 6 nitrogen and oxygen atoms in total. The Morgan fingerprint density at radius 1 is 1.23 bits per heavy atom. The van der Waals surface area contributed by atoms with E-state index in [0.717, 1.165) is 49.5 Å². The average molecular weight is 408 g/mol. The number of likely N-dealkylation sites (tertiary alicyclic amines) is 1. The largest absolute Gasteiger partial charge is 0.493 e. The summed E-state index contributed by atoms with van der Waals surface area (Å²) < 4.78 is 16.6. The topological polar surface area (TPSA) is 60.9 Å². The van der Waals surface area contributed by atoms with Gasteiger partial charge in [0.1, 0.15) is 5.76 Å². The lowest BCUT2D eigenvalue weighted by Gasteiger charge is -2.40. The number of aromatic nitrogens is 1. The molecule has 1 aromatic carbocycles. The lowest BCUT2D eigenvalue weighted by molar-refractivity contribution is 0.0553. The fourth-order valence-corrected chi connectivity index (χ4v) is 4.81. The molecule has 158 valence electrons. The molecule has 0 spiro atoms. The van der Waals surface area contributed by atoms with Crippen LogP contribution in [0.5, 0.6) is 11.5 Å². The maximum Gasteiger partial charge on any atom is 0.344 e. The van der Waals surface area contributed by atoms with Crippen molar-refractivity contribution in [3.8, 4) is 11.5 Å². The second kappa shape index (κ2) is 8.48. The van der Waals surface area contributed by atoms with Crippen molar-refractivity contribution in [1.29, 1.82) is 0 Å². The predicted molar refractivity (Wildman–Crippen MR) is 114 cm³/mol. The minimum absolute atomic E-state index is 0.124. The number of hydrogen-bond acceptors (Lipinski definition) is 6. The highest BCUT2D eigenvalue weighted by molar-refractivity contribution is 5.89. The molecule has 2 heterocycles. The van der Waals surface area contributed by atoms with E-state index in [1.807, 2.05) is 6.07 Å². The number of rotatable bonds is 6. The first-order valence-electron chi connectivity index (χ1n) is 10.3. The maximum absolute atomic E-state index is 12.4. The van der Waals surface area contributed by atoms with E-state index in [1.165, 1.54) is 11.8 Å². The number of pyridine rings is 1. The number of nitrogens with zero attached hydrogens (tertiary/aromatic N) is 2. The van der Waals surface area contributed by atoms with E-state index < -0.39 is 0 Å². The summed E-state index contributed by atoms with van der Waals surface area (Å²) >= 11 is 0. The van der Waals surface area contributed by atoms with Crippen LogP contribution in [0.15, 0.2) is 54.6 Å². The van der Waals surface area contributed by atoms with Crippen LogP contribution in [0, 0.1) is 5.41 Å². The number of carbonyl (C=O) groups excluding carboxylic acids is 1. The standard InChI is InChI=1S/C24H28N2O4/c1-26-12-10-24(15-17-6-7-20(28-2)21(13-17)29-3)9-8-19(14-22(24)26)30-23(27)18-5-4-11-25-16-18/h4-8,11,13,16,22H,9-10,12,14-15H2,1-3H3/t22?,24-/m0/s1. The molecule has 0 radical (unpaired) electrons.